The number of hydrogen-bond acceptors (Lipinski definition) is 4. The Balaban J connectivity index is 2.47. The molecule has 0 amide bonds. The summed E-state index contributed by atoms with van der Waals surface area (Å²) in [4.78, 5) is 15.3. The maximum absolute atomic E-state index is 11.4. The van der Waals surface area contributed by atoms with E-state index in [1.165, 1.54) is 6.20 Å². The zero-order valence-electron chi connectivity index (χ0n) is 9.73. The van der Waals surface area contributed by atoms with Crippen molar-refractivity contribution in [3.8, 4) is 6.07 Å². The van der Waals surface area contributed by atoms with Crippen LogP contribution in [-0.2, 0) is 16.1 Å². The summed E-state index contributed by atoms with van der Waals surface area (Å²) in [7, 11) is 0. The van der Waals surface area contributed by atoms with Gasteiger partial charge in [0.2, 0.25) is 5.82 Å². The molecule has 86 valence electrons. The Morgan fingerprint density at radius 1 is 1.62 bits per heavy atom. The van der Waals surface area contributed by atoms with Gasteiger partial charge in [-0.05, 0) is 20.8 Å². The van der Waals surface area contributed by atoms with Crippen molar-refractivity contribution in [2.45, 2.75) is 39.3 Å². The fraction of sp³-hybridized carbons (Fsp3) is 0.545. The Morgan fingerprint density at radius 2 is 2.31 bits per heavy atom. The molecule has 0 saturated heterocycles. The Bertz CT molecular complexity index is 410. The molecule has 0 N–H and O–H groups in total. The predicted molar refractivity (Wildman–Crippen MR) is 57.4 cm³/mol. The van der Waals surface area contributed by atoms with Crippen LogP contribution in [0.3, 0.4) is 0 Å². The highest BCUT2D eigenvalue weighted by molar-refractivity contribution is 5.69. The molecule has 1 heterocycles. The number of nitriles is 1. The second kappa shape index (κ2) is 4.79. The van der Waals surface area contributed by atoms with Crippen LogP contribution in [0.5, 0.6) is 0 Å². The van der Waals surface area contributed by atoms with Gasteiger partial charge in [0.1, 0.15) is 11.7 Å². The van der Waals surface area contributed by atoms with Gasteiger partial charge < -0.3 is 9.30 Å². The number of imidazole rings is 1. The first-order valence-electron chi connectivity index (χ1n) is 5.05. The highest BCUT2D eigenvalue weighted by Crippen LogP contribution is 2.09. The summed E-state index contributed by atoms with van der Waals surface area (Å²) >= 11 is 0. The topological polar surface area (TPSA) is 67.9 Å². The predicted octanol–water partition coefficient (Wildman–Crippen LogP) is 1.49. The molecular formula is C11H15N3O2. The lowest BCUT2D eigenvalue weighted by Crippen LogP contribution is -2.24. The minimum absolute atomic E-state index is 0.238. The lowest BCUT2D eigenvalue weighted by atomic mass is 10.2. The van der Waals surface area contributed by atoms with E-state index in [0.717, 1.165) is 0 Å². The Hall–Kier alpha value is -1.83. The van der Waals surface area contributed by atoms with Crippen LogP contribution in [0.2, 0.25) is 0 Å². The van der Waals surface area contributed by atoms with E-state index in [1.807, 2.05) is 26.8 Å². The number of ether oxygens (including phenoxy) is 1. The molecule has 0 aliphatic rings. The SMILES string of the molecule is CC(C)(C)OC(=O)CCn1ccnc1C#N. The molecule has 0 aliphatic carbocycles. The number of hydrogen-bond donors (Lipinski definition) is 0. The van der Waals surface area contributed by atoms with Crippen molar-refractivity contribution in [2.75, 3.05) is 0 Å². The number of aromatic nitrogens is 2. The average molecular weight is 221 g/mol. The molecule has 0 spiro atoms. The Morgan fingerprint density at radius 3 is 2.88 bits per heavy atom. The standard InChI is InChI=1S/C11H15N3O2/c1-11(2,3)16-10(15)4-6-14-7-5-13-9(14)8-12/h5,7H,4,6H2,1-3H3. The smallest absolute Gasteiger partial charge is 0.308 e. The van der Waals surface area contributed by atoms with Crippen LogP contribution >= 0.6 is 0 Å². The molecule has 0 fully saturated rings. The maximum Gasteiger partial charge on any atom is 0.308 e. The Labute approximate surface area is 94.7 Å². The van der Waals surface area contributed by atoms with E-state index in [2.05, 4.69) is 4.98 Å². The van der Waals surface area contributed by atoms with Gasteiger partial charge in [-0.15, -0.1) is 0 Å². The number of nitrogens with zero attached hydrogens (tertiary/aromatic N) is 3. The summed E-state index contributed by atoms with van der Waals surface area (Å²) < 4.78 is 6.78. The van der Waals surface area contributed by atoms with Gasteiger partial charge in [0.05, 0.1) is 6.42 Å². The summed E-state index contributed by atoms with van der Waals surface area (Å²) in [6.07, 6.45) is 3.44. The normalized spacial score (nSPS) is 10.9. The summed E-state index contributed by atoms with van der Waals surface area (Å²) in [6.45, 7) is 5.88. The van der Waals surface area contributed by atoms with Crippen molar-refractivity contribution in [1.82, 2.24) is 9.55 Å². The molecule has 5 nitrogen and oxygen atoms in total. The van der Waals surface area contributed by atoms with Gasteiger partial charge in [0, 0.05) is 18.9 Å². The number of rotatable bonds is 3. The molecule has 1 aromatic rings. The minimum atomic E-state index is -0.468. The third-order valence-electron chi connectivity index (χ3n) is 1.79. The fourth-order valence-corrected chi connectivity index (χ4v) is 1.21. The van der Waals surface area contributed by atoms with Crippen molar-refractivity contribution < 1.29 is 9.53 Å². The first kappa shape index (κ1) is 12.2. The molecule has 0 bridgehead atoms. The lowest BCUT2D eigenvalue weighted by Gasteiger charge is -2.19. The molecule has 16 heavy (non-hydrogen) atoms. The van der Waals surface area contributed by atoms with E-state index in [0.29, 0.717) is 12.4 Å². The molecule has 0 radical (unpaired) electrons. The number of aryl methyl sites for hydroxylation is 1. The molecule has 0 atom stereocenters. The summed E-state index contributed by atoms with van der Waals surface area (Å²) in [5, 5.41) is 8.71. The van der Waals surface area contributed by atoms with E-state index in [-0.39, 0.29) is 12.4 Å². The van der Waals surface area contributed by atoms with Crippen LogP contribution < -0.4 is 0 Å². The maximum atomic E-state index is 11.4. The van der Waals surface area contributed by atoms with Crippen LogP contribution in [0.1, 0.15) is 33.0 Å². The molecular weight excluding hydrogens is 206 g/mol. The summed E-state index contributed by atoms with van der Waals surface area (Å²) in [5.74, 6) is 0.0358. The molecule has 1 aromatic heterocycles. The molecule has 5 heteroatoms. The summed E-state index contributed by atoms with van der Waals surface area (Å²) in [5.41, 5.74) is -0.468. The molecule has 0 aliphatic heterocycles. The van der Waals surface area contributed by atoms with Crippen molar-refractivity contribution in [2.24, 2.45) is 0 Å². The molecule has 1 rings (SSSR count). The number of esters is 1. The van der Waals surface area contributed by atoms with Crippen LogP contribution in [0.25, 0.3) is 0 Å². The van der Waals surface area contributed by atoms with E-state index >= 15 is 0 Å². The fourth-order valence-electron chi connectivity index (χ4n) is 1.21. The van der Waals surface area contributed by atoms with E-state index in [9.17, 15) is 4.79 Å². The van der Waals surface area contributed by atoms with Crippen molar-refractivity contribution >= 4 is 5.97 Å². The highest BCUT2D eigenvalue weighted by atomic mass is 16.6. The molecule has 0 unspecified atom stereocenters. The second-order valence-corrected chi connectivity index (χ2v) is 4.39. The van der Waals surface area contributed by atoms with Gasteiger partial charge in [-0.1, -0.05) is 0 Å². The van der Waals surface area contributed by atoms with Crippen LogP contribution in [0.4, 0.5) is 0 Å². The third-order valence-corrected chi connectivity index (χ3v) is 1.79. The average Bonchev–Trinajstić information content (AvgIpc) is 2.59. The first-order chi connectivity index (χ1) is 7.42. The Kier molecular flexibility index (Phi) is 3.67. The summed E-state index contributed by atoms with van der Waals surface area (Å²) in [6, 6.07) is 1.95. The largest absolute Gasteiger partial charge is 0.460 e. The first-order valence-corrected chi connectivity index (χ1v) is 5.05. The van der Waals surface area contributed by atoms with Gasteiger partial charge >= 0.3 is 5.97 Å². The van der Waals surface area contributed by atoms with E-state index < -0.39 is 5.60 Å². The number of carbonyl (C=O) groups is 1. The molecule has 0 saturated carbocycles. The molecule has 0 aromatic carbocycles. The lowest BCUT2D eigenvalue weighted by molar-refractivity contribution is -0.155. The van der Waals surface area contributed by atoms with Crippen molar-refractivity contribution in [3.63, 3.8) is 0 Å². The monoisotopic (exact) mass is 221 g/mol. The third kappa shape index (κ3) is 3.73. The van der Waals surface area contributed by atoms with Gasteiger partial charge in [0.15, 0.2) is 0 Å². The number of carbonyl (C=O) groups excluding carboxylic acids is 1. The van der Waals surface area contributed by atoms with Gasteiger partial charge in [0.25, 0.3) is 0 Å². The van der Waals surface area contributed by atoms with Crippen molar-refractivity contribution in [1.29, 1.82) is 5.26 Å². The van der Waals surface area contributed by atoms with Crippen LogP contribution in [0, 0.1) is 11.3 Å². The van der Waals surface area contributed by atoms with Gasteiger partial charge in [-0.3, -0.25) is 4.79 Å². The quantitative estimate of drug-likeness (QED) is 0.725. The van der Waals surface area contributed by atoms with Gasteiger partial charge in [-0.25, -0.2) is 4.98 Å². The highest BCUT2D eigenvalue weighted by Gasteiger charge is 2.16. The minimum Gasteiger partial charge on any atom is -0.460 e. The van der Waals surface area contributed by atoms with Crippen LogP contribution in [-0.4, -0.2) is 21.1 Å². The van der Waals surface area contributed by atoms with Crippen molar-refractivity contribution in [3.05, 3.63) is 18.2 Å². The van der Waals surface area contributed by atoms with Gasteiger partial charge in [-0.2, -0.15) is 5.26 Å². The van der Waals surface area contributed by atoms with Crippen LogP contribution in [0.15, 0.2) is 12.4 Å². The van der Waals surface area contributed by atoms with E-state index in [1.54, 1.807) is 10.8 Å². The zero-order valence-corrected chi connectivity index (χ0v) is 9.73. The van der Waals surface area contributed by atoms with E-state index in [4.69, 9.17) is 10.00 Å². The zero-order chi connectivity index (χ0) is 12.2. The second-order valence-electron chi connectivity index (χ2n) is 4.39.